The average Bonchev–Trinajstić information content (AvgIpc) is 3.55. The highest BCUT2D eigenvalue weighted by molar-refractivity contribution is 5.93. The lowest BCUT2D eigenvalue weighted by Crippen LogP contribution is -2.49. The number of fused-ring (bicyclic) bond motifs is 7. The molecule has 2 unspecified atom stereocenters. The first-order valence-electron chi connectivity index (χ1n) is 10.3. The Morgan fingerprint density at radius 2 is 1.69 bits per heavy atom. The predicted molar refractivity (Wildman–Crippen MR) is 104 cm³/mol. The number of ether oxygens (including phenoxy) is 4. The van der Waals surface area contributed by atoms with Gasteiger partial charge in [-0.05, 0) is 51.2 Å². The van der Waals surface area contributed by atoms with Gasteiger partial charge in [0.2, 0.25) is 6.79 Å². The highest BCUT2D eigenvalue weighted by atomic mass is 16.7. The first-order chi connectivity index (χ1) is 14.3. The predicted octanol–water partition coefficient (Wildman–Crippen LogP) is 4.31. The van der Waals surface area contributed by atoms with Gasteiger partial charge in [-0.2, -0.15) is 0 Å². The molecule has 3 aromatic carbocycles. The maximum absolute atomic E-state index is 7.04. The van der Waals surface area contributed by atoms with E-state index in [1.165, 1.54) is 33.0 Å². The van der Waals surface area contributed by atoms with E-state index < -0.39 is 11.2 Å². The van der Waals surface area contributed by atoms with Gasteiger partial charge in [0.05, 0.1) is 12.2 Å². The van der Waals surface area contributed by atoms with E-state index in [9.17, 15) is 0 Å². The summed E-state index contributed by atoms with van der Waals surface area (Å²) in [4.78, 5) is 0. The number of hydrogen-bond acceptors (Lipinski definition) is 4. The van der Waals surface area contributed by atoms with Crippen molar-refractivity contribution in [2.75, 3.05) is 6.79 Å². The van der Waals surface area contributed by atoms with Crippen molar-refractivity contribution in [2.24, 2.45) is 11.8 Å². The topological polar surface area (TPSA) is 36.9 Å². The summed E-state index contributed by atoms with van der Waals surface area (Å²) in [5, 5.41) is 2.52. The fraction of sp³-hybridized carbons (Fsp3) is 0.280. The molecule has 4 bridgehead atoms. The highest BCUT2D eigenvalue weighted by Crippen LogP contribution is 2.77. The molecule has 5 heterocycles. The molecule has 29 heavy (non-hydrogen) atoms. The summed E-state index contributed by atoms with van der Waals surface area (Å²) >= 11 is 0. The van der Waals surface area contributed by atoms with Crippen LogP contribution in [0.5, 0.6) is 11.5 Å². The minimum absolute atomic E-state index is 0.0193. The molecule has 5 aliphatic heterocycles. The zero-order valence-electron chi connectivity index (χ0n) is 15.4. The Balaban J connectivity index is 1.50. The van der Waals surface area contributed by atoms with E-state index in [1.807, 2.05) is 0 Å². The molecule has 6 aliphatic rings. The second kappa shape index (κ2) is 4.07. The Bertz CT molecular complexity index is 1340. The van der Waals surface area contributed by atoms with Gasteiger partial charge < -0.3 is 18.9 Å². The number of hydrogen-bond donors (Lipinski definition) is 0. The summed E-state index contributed by atoms with van der Waals surface area (Å²) in [7, 11) is 0. The van der Waals surface area contributed by atoms with Crippen LogP contribution in [0.3, 0.4) is 0 Å². The van der Waals surface area contributed by atoms with Gasteiger partial charge in [-0.3, -0.25) is 0 Å². The molecule has 6 atom stereocenters. The number of benzene rings is 3. The van der Waals surface area contributed by atoms with E-state index in [1.54, 1.807) is 0 Å². The van der Waals surface area contributed by atoms with Gasteiger partial charge in [-0.1, -0.05) is 42.5 Å². The molecule has 140 valence electrons. The van der Waals surface area contributed by atoms with E-state index in [2.05, 4.69) is 60.7 Å². The molecule has 0 N–H and O–H groups in total. The van der Waals surface area contributed by atoms with Crippen LogP contribution in [0.1, 0.15) is 28.4 Å². The molecule has 9 rings (SSSR count). The fourth-order valence-electron chi connectivity index (χ4n) is 7.36. The third kappa shape index (κ3) is 1.22. The molecule has 0 saturated carbocycles. The Morgan fingerprint density at radius 3 is 2.59 bits per heavy atom. The lowest BCUT2D eigenvalue weighted by atomic mass is 9.54. The summed E-state index contributed by atoms with van der Waals surface area (Å²) in [6, 6.07) is 17.5. The van der Waals surface area contributed by atoms with Gasteiger partial charge in [0, 0.05) is 11.8 Å². The van der Waals surface area contributed by atoms with Crippen molar-refractivity contribution in [3.8, 4) is 11.5 Å². The normalized spacial score (nSPS) is 40.0. The zero-order chi connectivity index (χ0) is 18.5. The van der Waals surface area contributed by atoms with E-state index in [0.717, 1.165) is 11.5 Å². The summed E-state index contributed by atoms with van der Waals surface area (Å²) < 4.78 is 25.3. The first-order valence-corrected chi connectivity index (χ1v) is 10.3. The molecule has 4 nitrogen and oxygen atoms in total. The maximum atomic E-state index is 7.04. The van der Waals surface area contributed by atoms with Crippen molar-refractivity contribution in [3.05, 3.63) is 82.9 Å². The summed E-state index contributed by atoms with van der Waals surface area (Å²) in [5.74, 6) is 2.21. The Morgan fingerprint density at radius 1 is 0.862 bits per heavy atom. The molecule has 4 heteroatoms. The average molecular weight is 380 g/mol. The molecule has 1 aliphatic carbocycles. The standard InChI is InChI=1S/C25H16O4/c1-3-12-4-2-6-15-20(12)14(5-1)24-8-7-17(28-24)21-22-13-9-18-19(27-11-26-18)10-16(13)25(15,29-22)23(21)24/h1-10,17,21-23H,11H2/t17-,21?,22+,23?,24-,25-/m1/s1. The second-order valence-corrected chi connectivity index (χ2v) is 9.07. The highest BCUT2D eigenvalue weighted by Gasteiger charge is 2.77. The van der Waals surface area contributed by atoms with Crippen LogP contribution in [0.25, 0.3) is 10.8 Å². The molecular weight excluding hydrogens is 364 g/mol. The van der Waals surface area contributed by atoms with Crippen LogP contribution in [0.15, 0.2) is 60.7 Å². The lowest BCUT2D eigenvalue weighted by molar-refractivity contribution is -0.0922. The van der Waals surface area contributed by atoms with Crippen LogP contribution in [0.4, 0.5) is 0 Å². The minimum Gasteiger partial charge on any atom is -0.454 e. The number of rotatable bonds is 0. The third-order valence-corrected chi connectivity index (χ3v) is 8.17. The monoisotopic (exact) mass is 380 g/mol. The van der Waals surface area contributed by atoms with Gasteiger partial charge in [-0.15, -0.1) is 0 Å². The second-order valence-electron chi connectivity index (χ2n) is 9.07. The van der Waals surface area contributed by atoms with Crippen LogP contribution >= 0.6 is 0 Å². The molecule has 2 fully saturated rings. The fourth-order valence-corrected chi connectivity index (χ4v) is 7.36. The first kappa shape index (κ1) is 14.2. The molecule has 0 radical (unpaired) electrons. The van der Waals surface area contributed by atoms with Crippen LogP contribution < -0.4 is 9.47 Å². The van der Waals surface area contributed by atoms with Gasteiger partial charge in [-0.25, -0.2) is 0 Å². The van der Waals surface area contributed by atoms with Gasteiger partial charge >= 0.3 is 0 Å². The molecule has 2 spiro atoms. The van der Waals surface area contributed by atoms with Crippen molar-refractivity contribution in [1.82, 2.24) is 0 Å². The third-order valence-electron chi connectivity index (χ3n) is 8.17. The largest absolute Gasteiger partial charge is 0.454 e. The van der Waals surface area contributed by atoms with Crippen molar-refractivity contribution >= 4 is 10.8 Å². The van der Waals surface area contributed by atoms with Crippen LogP contribution in [-0.2, 0) is 20.7 Å². The molecule has 0 aromatic heterocycles. The van der Waals surface area contributed by atoms with E-state index >= 15 is 0 Å². The zero-order valence-corrected chi connectivity index (χ0v) is 15.4. The van der Waals surface area contributed by atoms with Crippen molar-refractivity contribution in [3.63, 3.8) is 0 Å². The molecule has 3 aromatic rings. The quantitative estimate of drug-likeness (QED) is 0.545. The van der Waals surface area contributed by atoms with Gasteiger partial charge in [0.1, 0.15) is 11.2 Å². The van der Waals surface area contributed by atoms with Crippen molar-refractivity contribution < 1.29 is 18.9 Å². The molecule has 2 saturated heterocycles. The lowest BCUT2D eigenvalue weighted by Gasteiger charge is -2.47. The Labute approximate surface area is 166 Å². The maximum Gasteiger partial charge on any atom is 0.231 e. The van der Waals surface area contributed by atoms with Crippen molar-refractivity contribution in [2.45, 2.75) is 23.4 Å². The summed E-state index contributed by atoms with van der Waals surface area (Å²) in [6.45, 7) is 0.291. The van der Waals surface area contributed by atoms with Crippen LogP contribution in [0, 0.1) is 11.8 Å². The smallest absolute Gasteiger partial charge is 0.231 e. The van der Waals surface area contributed by atoms with Crippen LogP contribution in [-0.4, -0.2) is 12.9 Å². The van der Waals surface area contributed by atoms with E-state index in [4.69, 9.17) is 18.9 Å². The molecule has 0 amide bonds. The van der Waals surface area contributed by atoms with Gasteiger partial charge in [0.25, 0.3) is 0 Å². The van der Waals surface area contributed by atoms with Gasteiger partial charge in [0.15, 0.2) is 11.5 Å². The SMILES string of the molecule is C1=C[C@]23O[C@H]1C1C2[C@@]2(O[C@H]1c1cc4c(cc12)OCO4)c1cccc2cccc3c12. The Kier molecular flexibility index (Phi) is 1.99. The van der Waals surface area contributed by atoms with Crippen molar-refractivity contribution in [1.29, 1.82) is 0 Å². The summed E-state index contributed by atoms with van der Waals surface area (Å²) in [6.07, 6.45) is 4.68. The minimum atomic E-state index is -0.501. The van der Waals surface area contributed by atoms with Crippen LogP contribution in [0.2, 0.25) is 0 Å². The van der Waals surface area contributed by atoms with E-state index in [0.29, 0.717) is 12.7 Å². The summed E-state index contributed by atoms with van der Waals surface area (Å²) in [5.41, 5.74) is 4.13. The molecular formula is C25H16O4. The Hall–Kier alpha value is -2.82. The van der Waals surface area contributed by atoms with E-state index in [-0.39, 0.29) is 18.1 Å².